The molecule has 1 aromatic carbocycles. The molecule has 3 nitrogen and oxygen atoms in total. The lowest BCUT2D eigenvalue weighted by Crippen LogP contribution is -2.33. The van der Waals surface area contributed by atoms with Crippen molar-refractivity contribution in [3.63, 3.8) is 0 Å². The van der Waals surface area contributed by atoms with Gasteiger partial charge in [0.15, 0.2) is 0 Å². The SMILES string of the molecule is CC(C)C(NC(=O)CCC1CCNCC1)c1ccccc1. The summed E-state index contributed by atoms with van der Waals surface area (Å²) in [4.78, 5) is 12.2. The van der Waals surface area contributed by atoms with Gasteiger partial charge in [0.25, 0.3) is 0 Å². The average molecular weight is 288 g/mol. The van der Waals surface area contributed by atoms with Crippen molar-refractivity contribution in [2.45, 2.75) is 45.6 Å². The van der Waals surface area contributed by atoms with E-state index < -0.39 is 0 Å². The van der Waals surface area contributed by atoms with Crippen molar-refractivity contribution in [3.8, 4) is 0 Å². The van der Waals surface area contributed by atoms with Crippen molar-refractivity contribution in [2.24, 2.45) is 11.8 Å². The quantitative estimate of drug-likeness (QED) is 0.843. The largest absolute Gasteiger partial charge is 0.349 e. The number of carbonyl (C=O) groups is 1. The van der Waals surface area contributed by atoms with E-state index in [1.54, 1.807) is 0 Å². The van der Waals surface area contributed by atoms with Crippen LogP contribution in [0.2, 0.25) is 0 Å². The van der Waals surface area contributed by atoms with Gasteiger partial charge < -0.3 is 10.6 Å². The molecule has 1 aromatic rings. The minimum atomic E-state index is 0.117. The second kappa shape index (κ2) is 8.18. The first kappa shape index (κ1) is 16.0. The molecule has 0 saturated carbocycles. The standard InChI is InChI=1S/C18H28N2O/c1-14(2)18(16-6-4-3-5-7-16)20-17(21)9-8-15-10-12-19-13-11-15/h3-7,14-15,18-19H,8-13H2,1-2H3,(H,20,21). The van der Waals surface area contributed by atoms with Gasteiger partial charge in [-0.3, -0.25) is 4.79 Å². The Balaban J connectivity index is 1.84. The number of nitrogens with one attached hydrogen (secondary N) is 2. The van der Waals surface area contributed by atoms with Crippen LogP contribution in [-0.4, -0.2) is 19.0 Å². The summed E-state index contributed by atoms with van der Waals surface area (Å²) in [5, 5.41) is 6.59. The van der Waals surface area contributed by atoms with E-state index in [1.165, 1.54) is 18.4 Å². The van der Waals surface area contributed by atoms with E-state index in [2.05, 4.69) is 36.6 Å². The molecule has 116 valence electrons. The highest BCUT2D eigenvalue weighted by molar-refractivity contribution is 5.76. The van der Waals surface area contributed by atoms with Gasteiger partial charge in [-0.2, -0.15) is 0 Å². The molecule has 2 rings (SSSR count). The van der Waals surface area contributed by atoms with E-state index in [9.17, 15) is 4.79 Å². The summed E-state index contributed by atoms with van der Waals surface area (Å²) in [6.45, 7) is 6.52. The molecule has 1 fully saturated rings. The van der Waals surface area contributed by atoms with Crippen LogP contribution in [0.1, 0.15) is 51.1 Å². The smallest absolute Gasteiger partial charge is 0.220 e. The Kier molecular flexibility index (Phi) is 6.24. The third kappa shape index (κ3) is 5.16. The lowest BCUT2D eigenvalue weighted by molar-refractivity contribution is -0.122. The van der Waals surface area contributed by atoms with E-state index >= 15 is 0 Å². The Hall–Kier alpha value is -1.35. The first-order chi connectivity index (χ1) is 10.2. The van der Waals surface area contributed by atoms with Crippen LogP contribution in [0.4, 0.5) is 0 Å². The zero-order chi connectivity index (χ0) is 15.1. The maximum atomic E-state index is 12.2. The summed E-state index contributed by atoms with van der Waals surface area (Å²) < 4.78 is 0. The highest BCUT2D eigenvalue weighted by atomic mass is 16.1. The first-order valence-electron chi connectivity index (χ1n) is 8.22. The molecule has 0 aromatic heterocycles. The van der Waals surface area contributed by atoms with Crippen LogP contribution in [0.15, 0.2) is 30.3 Å². The van der Waals surface area contributed by atoms with E-state index in [0.717, 1.165) is 19.5 Å². The fourth-order valence-corrected chi connectivity index (χ4v) is 3.05. The minimum Gasteiger partial charge on any atom is -0.349 e. The van der Waals surface area contributed by atoms with Gasteiger partial charge >= 0.3 is 0 Å². The number of piperidine rings is 1. The topological polar surface area (TPSA) is 41.1 Å². The second-order valence-electron chi connectivity index (χ2n) is 6.43. The molecule has 1 aliphatic heterocycles. The van der Waals surface area contributed by atoms with Crippen molar-refractivity contribution in [2.75, 3.05) is 13.1 Å². The Morgan fingerprint density at radius 2 is 1.90 bits per heavy atom. The molecule has 1 heterocycles. The zero-order valence-corrected chi connectivity index (χ0v) is 13.3. The van der Waals surface area contributed by atoms with Gasteiger partial charge in [0.1, 0.15) is 0 Å². The van der Waals surface area contributed by atoms with Gasteiger partial charge in [-0.1, -0.05) is 44.2 Å². The molecular formula is C18H28N2O. The summed E-state index contributed by atoms with van der Waals surface area (Å²) in [5.41, 5.74) is 1.20. The van der Waals surface area contributed by atoms with Gasteiger partial charge in [0, 0.05) is 6.42 Å². The summed E-state index contributed by atoms with van der Waals surface area (Å²) in [6, 6.07) is 10.4. The fraction of sp³-hybridized carbons (Fsp3) is 0.611. The molecule has 1 saturated heterocycles. The van der Waals surface area contributed by atoms with Gasteiger partial charge in [0.2, 0.25) is 5.91 Å². The van der Waals surface area contributed by atoms with Crippen LogP contribution in [0.5, 0.6) is 0 Å². The number of hydrogen-bond acceptors (Lipinski definition) is 2. The predicted octanol–water partition coefficient (Wildman–Crippen LogP) is 3.28. The highest BCUT2D eigenvalue weighted by Crippen LogP contribution is 2.22. The van der Waals surface area contributed by atoms with E-state index in [0.29, 0.717) is 18.3 Å². The van der Waals surface area contributed by atoms with Crippen molar-refractivity contribution in [1.82, 2.24) is 10.6 Å². The minimum absolute atomic E-state index is 0.117. The molecule has 1 atom stereocenters. The van der Waals surface area contributed by atoms with Crippen LogP contribution < -0.4 is 10.6 Å². The zero-order valence-electron chi connectivity index (χ0n) is 13.3. The number of hydrogen-bond donors (Lipinski definition) is 2. The Morgan fingerprint density at radius 1 is 1.24 bits per heavy atom. The van der Waals surface area contributed by atoms with E-state index in [-0.39, 0.29) is 11.9 Å². The molecule has 0 aliphatic carbocycles. The number of rotatable bonds is 6. The van der Waals surface area contributed by atoms with Gasteiger partial charge in [-0.25, -0.2) is 0 Å². The Morgan fingerprint density at radius 3 is 2.52 bits per heavy atom. The maximum absolute atomic E-state index is 12.2. The maximum Gasteiger partial charge on any atom is 0.220 e. The molecule has 2 N–H and O–H groups in total. The van der Waals surface area contributed by atoms with Crippen LogP contribution in [-0.2, 0) is 4.79 Å². The van der Waals surface area contributed by atoms with Crippen LogP contribution >= 0.6 is 0 Å². The predicted molar refractivity (Wildman–Crippen MR) is 87.0 cm³/mol. The molecule has 1 amide bonds. The summed E-state index contributed by atoms with van der Waals surface area (Å²) in [7, 11) is 0. The average Bonchev–Trinajstić information content (AvgIpc) is 2.52. The molecule has 0 radical (unpaired) electrons. The molecule has 0 bridgehead atoms. The monoisotopic (exact) mass is 288 g/mol. The lowest BCUT2D eigenvalue weighted by Gasteiger charge is -2.25. The van der Waals surface area contributed by atoms with E-state index in [4.69, 9.17) is 0 Å². The normalized spacial score (nSPS) is 17.7. The van der Waals surface area contributed by atoms with Gasteiger partial charge in [0.05, 0.1) is 6.04 Å². The van der Waals surface area contributed by atoms with Crippen molar-refractivity contribution in [3.05, 3.63) is 35.9 Å². The van der Waals surface area contributed by atoms with Crippen molar-refractivity contribution < 1.29 is 4.79 Å². The number of carbonyl (C=O) groups excluding carboxylic acids is 1. The Bertz CT molecular complexity index is 424. The Labute approximate surface area is 128 Å². The van der Waals surface area contributed by atoms with Gasteiger partial charge in [-0.15, -0.1) is 0 Å². The summed E-state index contributed by atoms with van der Waals surface area (Å²) in [5.74, 6) is 1.30. The van der Waals surface area contributed by atoms with Crippen LogP contribution in [0.3, 0.4) is 0 Å². The molecular weight excluding hydrogens is 260 g/mol. The highest BCUT2D eigenvalue weighted by Gasteiger charge is 2.19. The van der Waals surface area contributed by atoms with Crippen molar-refractivity contribution in [1.29, 1.82) is 0 Å². The summed E-state index contributed by atoms with van der Waals surface area (Å²) >= 11 is 0. The van der Waals surface area contributed by atoms with Gasteiger partial charge in [-0.05, 0) is 49.8 Å². The third-order valence-electron chi connectivity index (χ3n) is 4.38. The molecule has 0 spiro atoms. The molecule has 1 unspecified atom stereocenters. The fourth-order valence-electron chi connectivity index (χ4n) is 3.05. The molecule has 1 aliphatic rings. The number of amides is 1. The lowest BCUT2D eigenvalue weighted by atomic mass is 9.92. The molecule has 21 heavy (non-hydrogen) atoms. The third-order valence-corrected chi connectivity index (χ3v) is 4.38. The van der Waals surface area contributed by atoms with Crippen LogP contribution in [0, 0.1) is 11.8 Å². The van der Waals surface area contributed by atoms with E-state index in [1.807, 2.05) is 18.2 Å². The summed E-state index contributed by atoms with van der Waals surface area (Å²) in [6.07, 6.45) is 4.09. The number of benzene rings is 1. The first-order valence-corrected chi connectivity index (χ1v) is 8.22. The molecule has 3 heteroatoms. The second-order valence-corrected chi connectivity index (χ2v) is 6.43. The van der Waals surface area contributed by atoms with Crippen molar-refractivity contribution >= 4 is 5.91 Å². The van der Waals surface area contributed by atoms with Crippen LogP contribution in [0.25, 0.3) is 0 Å².